The van der Waals surface area contributed by atoms with Crippen molar-refractivity contribution in [2.24, 2.45) is 0 Å². The van der Waals surface area contributed by atoms with Gasteiger partial charge in [0.15, 0.2) is 0 Å². The number of allylic oxidation sites excluding steroid dienone is 4. The molecule has 0 aliphatic carbocycles. The summed E-state index contributed by atoms with van der Waals surface area (Å²) in [6.45, 7) is 2.22. The monoisotopic (exact) mass is 282 g/mol. The van der Waals surface area contributed by atoms with Gasteiger partial charge in [-0.3, -0.25) is 4.79 Å². The van der Waals surface area contributed by atoms with Crippen LogP contribution < -0.4 is 0 Å². The number of carboxylic acid groups (broad SMARTS) is 1. The molecule has 0 aromatic heterocycles. The van der Waals surface area contributed by atoms with Crippen LogP contribution in [0.1, 0.15) is 86.7 Å². The standard InChI is InChI=1S/C18H32O2/c1-2-3-4-5-6-7-8-9-10-11-12-13-14-15-16-17-18(19)20/h6-7,9-10H,2-5,8,11-17H2,1H3,(H,19,20)/b7-6-,10-9-/i17D2. The number of carbonyl (C=O) groups is 1. The maximum atomic E-state index is 10.6. The van der Waals surface area contributed by atoms with E-state index in [9.17, 15) is 4.79 Å². The average Bonchev–Trinajstić information content (AvgIpc) is 2.47. The molecule has 0 radical (unpaired) electrons. The van der Waals surface area contributed by atoms with Crippen LogP contribution >= 0.6 is 0 Å². The first-order chi connectivity index (χ1) is 10.5. The average molecular weight is 282 g/mol. The molecule has 2 nitrogen and oxygen atoms in total. The van der Waals surface area contributed by atoms with E-state index in [1.807, 2.05) is 0 Å². The third kappa shape index (κ3) is 16.9. The number of rotatable bonds is 14. The molecule has 0 aliphatic heterocycles. The molecule has 0 atom stereocenters. The summed E-state index contributed by atoms with van der Waals surface area (Å²) in [7, 11) is 0. The predicted molar refractivity (Wildman–Crippen MR) is 87.0 cm³/mol. The molecule has 0 bridgehead atoms. The second-order valence-corrected chi connectivity index (χ2v) is 5.11. The number of hydrogen-bond donors (Lipinski definition) is 1. The van der Waals surface area contributed by atoms with Crippen molar-refractivity contribution in [3.05, 3.63) is 24.3 Å². The van der Waals surface area contributed by atoms with Gasteiger partial charge in [0, 0.05) is 9.11 Å². The Hall–Kier alpha value is -1.05. The summed E-state index contributed by atoms with van der Waals surface area (Å²) >= 11 is 0. The van der Waals surface area contributed by atoms with Gasteiger partial charge in [-0.2, -0.15) is 0 Å². The molecule has 1 N–H and O–H groups in total. The molecule has 0 heterocycles. The Bertz CT molecular complexity index is 336. The van der Waals surface area contributed by atoms with Crippen molar-refractivity contribution in [2.75, 3.05) is 0 Å². The number of aliphatic carboxylic acids is 1. The lowest BCUT2D eigenvalue weighted by Crippen LogP contribution is -1.93. The molecule has 0 aliphatic rings. The van der Waals surface area contributed by atoms with Gasteiger partial charge in [-0.05, 0) is 38.5 Å². The molecule has 20 heavy (non-hydrogen) atoms. The van der Waals surface area contributed by atoms with Gasteiger partial charge in [-0.25, -0.2) is 0 Å². The molecule has 0 rings (SSSR count). The first kappa shape index (κ1) is 15.3. The second kappa shape index (κ2) is 16.0. The highest BCUT2D eigenvalue weighted by atomic mass is 16.4. The molecular formula is C18H32O2. The van der Waals surface area contributed by atoms with Crippen molar-refractivity contribution >= 4 is 5.97 Å². The number of unbranched alkanes of at least 4 members (excludes halogenated alkanes) is 7. The molecule has 116 valence electrons. The van der Waals surface area contributed by atoms with Crippen molar-refractivity contribution < 1.29 is 12.6 Å². The van der Waals surface area contributed by atoms with Crippen LogP contribution in [0, 0.1) is 0 Å². The van der Waals surface area contributed by atoms with Crippen molar-refractivity contribution in [3.8, 4) is 0 Å². The van der Waals surface area contributed by atoms with Crippen LogP contribution in [0.25, 0.3) is 0 Å². The quantitative estimate of drug-likeness (QED) is 0.319. The normalized spacial score (nSPS) is 13.8. The van der Waals surface area contributed by atoms with E-state index in [-0.39, 0.29) is 6.42 Å². The number of hydrogen-bond acceptors (Lipinski definition) is 1. The Morgan fingerprint density at radius 3 is 2.05 bits per heavy atom. The zero-order valence-corrected chi connectivity index (χ0v) is 12.9. The molecule has 0 saturated heterocycles. The zero-order chi connectivity index (χ0) is 16.7. The van der Waals surface area contributed by atoms with E-state index in [4.69, 9.17) is 7.85 Å². The summed E-state index contributed by atoms with van der Waals surface area (Å²) in [5.74, 6) is -1.35. The van der Waals surface area contributed by atoms with E-state index in [0.717, 1.165) is 32.1 Å². The summed E-state index contributed by atoms with van der Waals surface area (Å²) in [6, 6.07) is 0. The summed E-state index contributed by atoms with van der Waals surface area (Å²) < 4.78 is 14.6. The molecule has 0 amide bonds. The molecule has 0 saturated carbocycles. The Morgan fingerprint density at radius 2 is 1.45 bits per heavy atom. The van der Waals surface area contributed by atoms with Crippen molar-refractivity contribution in [3.63, 3.8) is 0 Å². The van der Waals surface area contributed by atoms with Gasteiger partial charge in [-0.15, -0.1) is 0 Å². The summed E-state index contributed by atoms with van der Waals surface area (Å²) in [5.41, 5.74) is 0. The molecule has 0 aromatic carbocycles. The van der Waals surface area contributed by atoms with E-state index in [1.54, 1.807) is 0 Å². The van der Waals surface area contributed by atoms with Crippen LogP contribution in [0.3, 0.4) is 0 Å². The Morgan fingerprint density at radius 1 is 0.900 bits per heavy atom. The second-order valence-electron chi connectivity index (χ2n) is 5.11. The Kier molecular flexibility index (Phi) is 12.3. The smallest absolute Gasteiger partial charge is 0.303 e. The van der Waals surface area contributed by atoms with Gasteiger partial charge in [0.2, 0.25) is 0 Å². The number of carboxylic acids is 1. The maximum absolute atomic E-state index is 10.6. The molecule has 0 fully saturated rings. The fourth-order valence-electron chi connectivity index (χ4n) is 1.95. The van der Waals surface area contributed by atoms with E-state index in [2.05, 4.69) is 31.2 Å². The zero-order valence-electron chi connectivity index (χ0n) is 14.9. The summed E-state index contributed by atoms with van der Waals surface area (Å²) in [6.07, 6.45) is 17.7. The molecular weight excluding hydrogens is 248 g/mol. The maximum Gasteiger partial charge on any atom is 0.303 e. The van der Waals surface area contributed by atoms with E-state index < -0.39 is 12.3 Å². The molecule has 0 spiro atoms. The van der Waals surface area contributed by atoms with Crippen molar-refractivity contribution in [1.82, 2.24) is 0 Å². The molecule has 2 heteroatoms. The predicted octanol–water partition coefficient (Wildman–Crippen LogP) is 5.88. The largest absolute Gasteiger partial charge is 0.481 e. The van der Waals surface area contributed by atoms with Gasteiger partial charge in [0.25, 0.3) is 0 Å². The SMILES string of the molecule is [2H]C([2H])(CCCCCC/C=C\C/C=C\CCCCC)C(=O)O. The van der Waals surface area contributed by atoms with Gasteiger partial charge in [0.05, 0.1) is 0 Å². The van der Waals surface area contributed by atoms with Crippen molar-refractivity contribution in [2.45, 2.75) is 83.9 Å². The van der Waals surface area contributed by atoms with Gasteiger partial charge < -0.3 is 5.11 Å². The molecule has 0 unspecified atom stereocenters. The lowest BCUT2D eigenvalue weighted by molar-refractivity contribution is -0.137. The van der Waals surface area contributed by atoms with E-state index in [1.165, 1.54) is 25.7 Å². The van der Waals surface area contributed by atoms with Crippen LogP contribution in [0.15, 0.2) is 24.3 Å². The van der Waals surface area contributed by atoms with Gasteiger partial charge in [0.1, 0.15) is 0 Å². The summed E-state index contributed by atoms with van der Waals surface area (Å²) in [4.78, 5) is 10.6. The lowest BCUT2D eigenvalue weighted by atomic mass is 10.1. The lowest BCUT2D eigenvalue weighted by Gasteiger charge is -1.98. The van der Waals surface area contributed by atoms with E-state index in [0.29, 0.717) is 6.42 Å². The Balaban J connectivity index is 3.39. The third-order valence-electron chi connectivity index (χ3n) is 3.15. The molecule has 0 aromatic rings. The minimum atomic E-state index is -2.07. The first-order valence-electron chi connectivity index (χ1n) is 9.04. The third-order valence-corrected chi connectivity index (χ3v) is 3.15. The summed E-state index contributed by atoms with van der Waals surface area (Å²) in [5, 5.41) is 8.66. The first-order valence-corrected chi connectivity index (χ1v) is 8.04. The van der Waals surface area contributed by atoms with Crippen LogP contribution in [0.2, 0.25) is 0 Å². The van der Waals surface area contributed by atoms with Gasteiger partial charge >= 0.3 is 5.97 Å². The van der Waals surface area contributed by atoms with E-state index >= 15 is 0 Å². The van der Waals surface area contributed by atoms with Gasteiger partial charge in [-0.1, -0.05) is 63.3 Å². The van der Waals surface area contributed by atoms with Crippen LogP contribution in [0.5, 0.6) is 0 Å². The minimum Gasteiger partial charge on any atom is -0.481 e. The highest BCUT2D eigenvalue weighted by Gasteiger charge is 1.95. The van der Waals surface area contributed by atoms with Crippen LogP contribution in [0.4, 0.5) is 0 Å². The highest BCUT2D eigenvalue weighted by Crippen LogP contribution is 2.08. The topological polar surface area (TPSA) is 37.3 Å². The fourth-order valence-corrected chi connectivity index (χ4v) is 1.95. The van der Waals surface area contributed by atoms with Crippen LogP contribution in [-0.4, -0.2) is 11.1 Å². The minimum absolute atomic E-state index is 0.112. The highest BCUT2D eigenvalue weighted by molar-refractivity contribution is 5.66. The van der Waals surface area contributed by atoms with Crippen molar-refractivity contribution in [1.29, 1.82) is 0 Å². The fraction of sp³-hybridized carbons (Fsp3) is 0.722. The Labute approximate surface area is 127 Å². The van der Waals surface area contributed by atoms with Crippen LogP contribution in [-0.2, 0) is 4.79 Å².